The summed E-state index contributed by atoms with van der Waals surface area (Å²) in [5.74, 6) is 2.12. The van der Waals surface area contributed by atoms with Crippen LogP contribution < -0.4 is 10.1 Å². The molecule has 1 aliphatic heterocycles. The number of nitrogens with one attached hydrogen (secondary N) is 1. The Balaban J connectivity index is 0.00000408. The predicted molar refractivity (Wildman–Crippen MR) is 140 cm³/mol. The molecule has 1 aromatic carbocycles. The molecule has 2 aromatic rings. The first-order valence-electron chi connectivity index (χ1n) is 12.0. The summed E-state index contributed by atoms with van der Waals surface area (Å²) in [6, 6.07) is 7.45. The highest BCUT2D eigenvalue weighted by atomic mass is 35.5. The zero-order chi connectivity index (χ0) is 23.8. The molecule has 1 aromatic heterocycles. The van der Waals surface area contributed by atoms with Gasteiger partial charge in [0.2, 0.25) is 0 Å². The number of halogens is 2. The van der Waals surface area contributed by atoms with E-state index in [9.17, 15) is 4.79 Å². The lowest BCUT2D eigenvalue weighted by atomic mass is 9.98. The van der Waals surface area contributed by atoms with E-state index in [0.29, 0.717) is 42.4 Å². The number of amides is 1. The molecule has 2 heterocycles. The molecule has 3 rings (SSSR count). The van der Waals surface area contributed by atoms with Gasteiger partial charge in [-0.2, -0.15) is 5.10 Å². The first-order chi connectivity index (χ1) is 15.8. The molecule has 0 unspecified atom stereocenters. The normalized spacial score (nSPS) is 14.6. The van der Waals surface area contributed by atoms with Gasteiger partial charge in [0.05, 0.1) is 19.8 Å². The predicted octanol–water partition coefficient (Wildman–Crippen LogP) is 6.02. The zero-order valence-electron chi connectivity index (χ0n) is 20.7. The molecule has 0 aliphatic carbocycles. The van der Waals surface area contributed by atoms with Crippen LogP contribution in [0.5, 0.6) is 5.75 Å². The lowest BCUT2D eigenvalue weighted by Gasteiger charge is -2.31. The summed E-state index contributed by atoms with van der Waals surface area (Å²) < 4.78 is 13.3. The SMILES string of the molecule is CCCN1CCC(COC(=O)Nc2cc(C)n(Cc3cc(Cl)ccc3OCC(C)C)n2)CC1.Cl. The van der Waals surface area contributed by atoms with E-state index in [1.54, 1.807) is 0 Å². The highest BCUT2D eigenvalue weighted by molar-refractivity contribution is 6.30. The van der Waals surface area contributed by atoms with Gasteiger partial charge in [0.15, 0.2) is 5.82 Å². The molecule has 0 atom stereocenters. The Bertz CT molecular complexity index is 912. The van der Waals surface area contributed by atoms with Crippen molar-refractivity contribution in [3.05, 3.63) is 40.5 Å². The molecule has 34 heavy (non-hydrogen) atoms. The number of ether oxygens (including phenoxy) is 2. The lowest BCUT2D eigenvalue weighted by Crippen LogP contribution is -2.36. The van der Waals surface area contributed by atoms with Crippen LogP contribution in [0.3, 0.4) is 0 Å². The van der Waals surface area contributed by atoms with Crippen molar-refractivity contribution >= 4 is 35.9 Å². The standard InChI is InChI=1S/C25H37ClN4O3.ClH/c1-5-10-29-11-8-20(9-12-29)17-33-25(31)27-24-13-19(4)30(28-24)15-21-14-22(26)6-7-23(21)32-16-18(2)3;/h6-7,13-14,18,20H,5,8-12,15-17H2,1-4H3,(H,27,28,31);1H. The van der Waals surface area contributed by atoms with E-state index in [0.717, 1.165) is 49.5 Å². The number of anilines is 1. The first kappa shape index (κ1) is 28.3. The maximum atomic E-state index is 12.3. The minimum atomic E-state index is -0.459. The number of aryl methyl sites for hydroxylation is 1. The second kappa shape index (κ2) is 13.8. The van der Waals surface area contributed by atoms with Crippen LogP contribution in [0.15, 0.2) is 24.3 Å². The number of carbonyl (C=O) groups is 1. The summed E-state index contributed by atoms with van der Waals surface area (Å²) in [5.41, 5.74) is 1.86. The number of carbonyl (C=O) groups excluding carboxylic acids is 1. The summed E-state index contributed by atoms with van der Waals surface area (Å²) in [5, 5.41) is 7.95. The van der Waals surface area contributed by atoms with Crippen LogP contribution in [0.4, 0.5) is 10.6 Å². The van der Waals surface area contributed by atoms with Crippen molar-refractivity contribution in [3.8, 4) is 5.75 Å². The molecule has 0 radical (unpaired) electrons. The van der Waals surface area contributed by atoms with Crippen LogP contribution in [0.25, 0.3) is 0 Å². The van der Waals surface area contributed by atoms with Crippen molar-refractivity contribution in [2.45, 2.75) is 53.5 Å². The second-order valence-electron chi connectivity index (χ2n) is 9.29. The molecule has 9 heteroatoms. The van der Waals surface area contributed by atoms with Gasteiger partial charge >= 0.3 is 6.09 Å². The number of benzene rings is 1. The summed E-state index contributed by atoms with van der Waals surface area (Å²) in [7, 11) is 0. The van der Waals surface area contributed by atoms with Gasteiger partial charge in [-0.25, -0.2) is 4.79 Å². The monoisotopic (exact) mass is 512 g/mol. The number of aromatic nitrogens is 2. The maximum Gasteiger partial charge on any atom is 0.412 e. The van der Waals surface area contributed by atoms with E-state index in [-0.39, 0.29) is 12.4 Å². The van der Waals surface area contributed by atoms with Crippen LogP contribution in [-0.2, 0) is 11.3 Å². The fourth-order valence-corrected chi connectivity index (χ4v) is 4.18. The van der Waals surface area contributed by atoms with Crippen molar-refractivity contribution in [1.29, 1.82) is 0 Å². The third kappa shape index (κ3) is 8.67. The van der Waals surface area contributed by atoms with Crippen LogP contribution >= 0.6 is 24.0 Å². The summed E-state index contributed by atoms with van der Waals surface area (Å²) in [6.45, 7) is 13.3. The molecular formula is C25H38Cl2N4O3. The van der Waals surface area contributed by atoms with E-state index in [2.05, 4.69) is 36.1 Å². The average molecular weight is 514 g/mol. The Kier molecular flexibility index (Phi) is 11.5. The molecule has 1 saturated heterocycles. The number of nitrogens with zero attached hydrogens (tertiary/aromatic N) is 3. The third-order valence-electron chi connectivity index (χ3n) is 5.82. The molecule has 1 fully saturated rings. The maximum absolute atomic E-state index is 12.3. The van der Waals surface area contributed by atoms with Gasteiger partial charge in [-0.05, 0) is 75.9 Å². The summed E-state index contributed by atoms with van der Waals surface area (Å²) in [6.07, 6.45) is 2.86. The molecule has 0 bridgehead atoms. The van der Waals surface area contributed by atoms with E-state index in [4.69, 9.17) is 21.1 Å². The molecule has 1 aliphatic rings. The Morgan fingerprint density at radius 3 is 2.68 bits per heavy atom. The van der Waals surface area contributed by atoms with Gasteiger partial charge < -0.3 is 14.4 Å². The van der Waals surface area contributed by atoms with Crippen molar-refractivity contribution in [2.75, 3.05) is 38.2 Å². The minimum absolute atomic E-state index is 0. The Morgan fingerprint density at radius 1 is 1.26 bits per heavy atom. The Hall–Kier alpha value is -1.96. The average Bonchev–Trinajstić information content (AvgIpc) is 3.11. The van der Waals surface area contributed by atoms with Crippen molar-refractivity contribution in [3.63, 3.8) is 0 Å². The largest absolute Gasteiger partial charge is 0.493 e. The lowest BCUT2D eigenvalue weighted by molar-refractivity contribution is 0.105. The zero-order valence-corrected chi connectivity index (χ0v) is 22.3. The number of rotatable bonds is 10. The highest BCUT2D eigenvalue weighted by Crippen LogP contribution is 2.25. The minimum Gasteiger partial charge on any atom is -0.493 e. The smallest absolute Gasteiger partial charge is 0.412 e. The molecule has 1 N–H and O–H groups in total. The van der Waals surface area contributed by atoms with Gasteiger partial charge in [0, 0.05) is 22.3 Å². The summed E-state index contributed by atoms with van der Waals surface area (Å²) in [4.78, 5) is 14.8. The molecule has 7 nitrogen and oxygen atoms in total. The number of likely N-dealkylation sites (tertiary alicyclic amines) is 1. The van der Waals surface area contributed by atoms with Crippen molar-refractivity contribution in [2.24, 2.45) is 11.8 Å². The van der Waals surface area contributed by atoms with Crippen LogP contribution in [0, 0.1) is 18.8 Å². The molecule has 0 saturated carbocycles. The fourth-order valence-electron chi connectivity index (χ4n) is 3.99. The third-order valence-corrected chi connectivity index (χ3v) is 6.06. The number of hydrogen-bond donors (Lipinski definition) is 1. The van der Waals surface area contributed by atoms with Gasteiger partial charge in [-0.15, -0.1) is 12.4 Å². The Morgan fingerprint density at radius 2 is 2.00 bits per heavy atom. The quantitative estimate of drug-likeness (QED) is 0.421. The van der Waals surface area contributed by atoms with E-state index >= 15 is 0 Å². The van der Waals surface area contributed by atoms with Gasteiger partial charge in [0.1, 0.15) is 5.75 Å². The van der Waals surface area contributed by atoms with Crippen molar-refractivity contribution in [1.82, 2.24) is 14.7 Å². The van der Waals surface area contributed by atoms with Crippen LogP contribution in [0.2, 0.25) is 5.02 Å². The van der Waals surface area contributed by atoms with Gasteiger partial charge in [-0.3, -0.25) is 10.00 Å². The van der Waals surface area contributed by atoms with Gasteiger partial charge in [0.25, 0.3) is 0 Å². The van der Waals surface area contributed by atoms with Gasteiger partial charge in [-0.1, -0.05) is 32.4 Å². The molecule has 190 valence electrons. The van der Waals surface area contributed by atoms with Crippen LogP contribution in [-0.4, -0.2) is 53.6 Å². The molecular weight excluding hydrogens is 475 g/mol. The van der Waals surface area contributed by atoms with E-state index in [1.807, 2.05) is 35.9 Å². The number of piperidine rings is 1. The highest BCUT2D eigenvalue weighted by Gasteiger charge is 2.20. The first-order valence-corrected chi connectivity index (χ1v) is 12.3. The fraction of sp³-hybridized carbons (Fsp3) is 0.600. The van der Waals surface area contributed by atoms with Crippen molar-refractivity contribution < 1.29 is 14.3 Å². The number of hydrogen-bond acceptors (Lipinski definition) is 5. The molecule has 0 spiro atoms. The summed E-state index contributed by atoms with van der Waals surface area (Å²) >= 11 is 6.22. The molecule has 1 amide bonds. The van der Waals surface area contributed by atoms with E-state index in [1.165, 1.54) is 6.42 Å². The topological polar surface area (TPSA) is 68.6 Å². The van der Waals surface area contributed by atoms with E-state index < -0.39 is 6.09 Å². The van der Waals surface area contributed by atoms with Crippen LogP contribution in [0.1, 0.15) is 51.3 Å². The second-order valence-corrected chi connectivity index (χ2v) is 9.73. The Labute approximate surface area is 214 Å².